The molecule has 1 amide bonds. The van der Waals surface area contributed by atoms with Crippen molar-refractivity contribution in [3.05, 3.63) is 21.4 Å². The van der Waals surface area contributed by atoms with E-state index in [0.29, 0.717) is 0 Å². The normalized spacial score (nSPS) is 16.3. The lowest BCUT2D eigenvalue weighted by Gasteiger charge is -2.24. The van der Waals surface area contributed by atoms with Crippen LogP contribution in [0.4, 0.5) is 13.2 Å². The molecule has 1 aromatic heterocycles. The number of carbonyl (C=O) groups excluding carboxylic acids is 1. The monoisotopic (exact) mass is 381 g/mol. The molecule has 0 bridgehead atoms. The zero-order chi connectivity index (χ0) is 19.4. The molecular formula is C14H18F3N3O4S. The highest BCUT2D eigenvalue weighted by atomic mass is 32.1. The highest BCUT2D eigenvalue weighted by Crippen LogP contribution is 2.33. The molecule has 0 spiro atoms. The number of nitrogens with two attached hydrogens (primary N) is 1. The van der Waals surface area contributed by atoms with Crippen molar-refractivity contribution in [2.45, 2.75) is 25.4 Å². The lowest BCUT2D eigenvalue weighted by atomic mass is 9.88. The van der Waals surface area contributed by atoms with Crippen LogP contribution in [0, 0.1) is 11.3 Å². The highest BCUT2D eigenvalue weighted by Gasteiger charge is 2.38. The molecule has 1 heterocycles. The predicted molar refractivity (Wildman–Crippen MR) is 84.3 cm³/mol. The van der Waals surface area contributed by atoms with Gasteiger partial charge in [0.2, 0.25) is 5.91 Å². The predicted octanol–water partition coefficient (Wildman–Crippen LogP) is 1.79. The maximum Gasteiger partial charge on any atom is 0.490 e. The van der Waals surface area contributed by atoms with Crippen LogP contribution in [0.15, 0.2) is 6.07 Å². The SMILES string of the molecule is CON(C)C(=O)C1CCc2cc(C(=N)N)sc2C1.O=C(O)C(F)(F)F. The first-order valence-electron chi connectivity index (χ1n) is 7.05. The summed E-state index contributed by atoms with van der Waals surface area (Å²) in [6, 6.07) is 1.98. The number of aryl methyl sites for hydroxylation is 1. The second kappa shape index (κ2) is 8.30. The number of thiophene rings is 1. The second-order valence-electron chi connectivity index (χ2n) is 5.23. The molecule has 25 heavy (non-hydrogen) atoms. The number of nitrogen functional groups attached to an aromatic ring is 1. The number of nitrogens with zero attached hydrogens (tertiary/aromatic N) is 1. The molecule has 0 saturated heterocycles. The summed E-state index contributed by atoms with van der Waals surface area (Å²) in [6.07, 6.45) is -2.67. The van der Waals surface area contributed by atoms with Crippen molar-refractivity contribution in [2.75, 3.05) is 14.2 Å². The molecule has 1 atom stereocenters. The van der Waals surface area contributed by atoms with Crippen molar-refractivity contribution < 1.29 is 32.7 Å². The summed E-state index contributed by atoms with van der Waals surface area (Å²) < 4.78 is 31.7. The summed E-state index contributed by atoms with van der Waals surface area (Å²) in [5.74, 6) is -2.67. The number of amidine groups is 1. The van der Waals surface area contributed by atoms with E-state index >= 15 is 0 Å². The van der Waals surface area contributed by atoms with Gasteiger partial charge in [0.1, 0.15) is 5.84 Å². The number of hydrogen-bond acceptors (Lipinski definition) is 5. The summed E-state index contributed by atoms with van der Waals surface area (Å²) in [5.41, 5.74) is 6.72. The molecule has 1 aliphatic rings. The fourth-order valence-corrected chi connectivity index (χ4v) is 3.35. The third kappa shape index (κ3) is 5.71. The van der Waals surface area contributed by atoms with Crippen LogP contribution < -0.4 is 5.73 Å². The van der Waals surface area contributed by atoms with Crippen LogP contribution in [0.3, 0.4) is 0 Å². The van der Waals surface area contributed by atoms with Crippen LogP contribution >= 0.6 is 11.3 Å². The van der Waals surface area contributed by atoms with Gasteiger partial charge < -0.3 is 10.8 Å². The number of nitrogens with one attached hydrogen (secondary N) is 1. The molecule has 7 nitrogen and oxygen atoms in total. The first-order valence-corrected chi connectivity index (χ1v) is 7.86. The van der Waals surface area contributed by atoms with Gasteiger partial charge in [0.15, 0.2) is 0 Å². The third-order valence-electron chi connectivity index (χ3n) is 3.53. The minimum atomic E-state index is -5.08. The van der Waals surface area contributed by atoms with Crippen molar-refractivity contribution >= 4 is 29.0 Å². The second-order valence-corrected chi connectivity index (χ2v) is 6.37. The van der Waals surface area contributed by atoms with Crippen molar-refractivity contribution in [2.24, 2.45) is 11.7 Å². The molecular weight excluding hydrogens is 363 g/mol. The number of halogens is 3. The lowest BCUT2D eigenvalue weighted by Crippen LogP contribution is -2.34. The molecule has 4 N–H and O–H groups in total. The Morgan fingerprint density at radius 2 is 2.04 bits per heavy atom. The molecule has 0 radical (unpaired) electrons. The molecule has 0 fully saturated rings. The van der Waals surface area contributed by atoms with Crippen LogP contribution in [0.1, 0.15) is 21.7 Å². The van der Waals surface area contributed by atoms with E-state index < -0.39 is 12.1 Å². The Kier molecular flexibility index (Phi) is 6.94. The van der Waals surface area contributed by atoms with E-state index in [1.54, 1.807) is 7.05 Å². The smallest absolute Gasteiger partial charge is 0.475 e. The van der Waals surface area contributed by atoms with Crippen molar-refractivity contribution in [3.63, 3.8) is 0 Å². The first kappa shape index (κ1) is 20.9. The molecule has 0 saturated carbocycles. The van der Waals surface area contributed by atoms with Gasteiger partial charge in [0, 0.05) is 17.8 Å². The Hall–Kier alpha value is -2.14. The molecule has 140 valence electrons. The number of amides is 1. The fraction of sp³-hybridized carbons (Fsp3) is 0.500. The minimum absolute atomic E-state index is 0.0147. The molecule has 11 heteroatoms. The van der Waals surface area contributed by atoms with Gasteiger partial charge in [-0.05, 0) is 30.9 Å². The fourth-order valence-electron chi connectivity index (χ4n) is 2.20. The molecule has 2 rings (SSSR count). The zero-order valence-corrected chi connectivity index (χ0v) is 14.3. The van der Waals surface area contributed by atoms with E-state index in [9.17, 15) is 18.0 Å². The van der Waals surface area contributed by atoms with Gasteiger partial charge in [-0.1, -0.05) is 0 Å². The Bertz CT molecular complexity index is 660. The van der Waals surface area contributed by atoms with Gasteiger partial charge in [-0.3, -0.25) is 15.0 Å². The average molecular weight is 381 g/mol. The number of carbonyl (C=O) groups is 2. The Balaban J connectivity index is 0.000000381. The largest absolute Gasteiger partial charge is 0.490 e. The number of alkyl halides is 3. The summed E-state index contributed by atoms with van der Waals surface area (Å²) in [6.45, 7) is 0. The van der Waals surface area contributed by atoms with Crippen molar-refractivity contribution in [1.82, 2.24) is 5.06 Å². The van der Waals surface area contributed by atoms with Gasteiger partial charge in [-0.2, -0.15) is 13.2 Å². The third-order valence-corrected chi connectivity index (χ3v) is 4.76. The number of hydroxylamine groups is 2. The van der Waals surface area contributed by atoms with E-state index in [1.165, 1.54) is 34.0 Å². The number of aliphatic carboxylic acids is 1. The number of carboxylic acids is 1. The van der Waals surface area contributed by atoms with Crippen LogP contribution in [0.2, 0.25) is 0 Å². The molecule has 1 unspecified atom stereocenters. The standard InChI is InChI=1S/C12H17N3O2S.C2HF3O2/c1-15(17-2)12(16)8-4-3-7-5-10(11(13)14)18-9(7)6-8;3-2(4,5)1(6)7/h5,8H,3-4,6H2,1-2H3,(H3,13,14);(H,6,7). The first-order chi connectivity index (χ1) is 11.5. The molecule has 1 aromatic rings. The molecule has 1 aliphatic carbocycles. The molecule has 0 aromatic carbocycles. The highest BCUT2D eigenvalue weighted by molar-refractivity contribution is 7.14. The van der Waals surface area contributed by atoms with Crippen LogP contribution in [0.25, 0.3) is 0 Å². The number of rotatable bonds is 3. The molecule has 0 aliphatic heterocycles. The quantitative estimate of drug-likeness (QED) is 0.419. The van der Waals surface area contributed by atoms with Crippen molar-refractivity contribution in [1.29, 1.82) is 5.41 Å². The van der Waals surface area contributed by atoms with Gasteiger partial charge in [0.05, 0.1) is 12.0 Å². The minimum Gasteiger partial charge on any atom is -0.475 e. The van der Waals surface area contributed by atoms with Crippen LogP contribution in [0.5, 0.6) is 0 Å². The Labute approximate surface area is 145 Å². The van der Waals surface area contributed by atoms with Gasteiger partial charge in [-0.15, -0.1) is 11.3 Å². The maximum absolute atomic E-state index is 12.0. The number of hydrogen-bond donors (Lipinski definition) is 3. The number of fused-ring (bicyclic) bond motifs is 1. The summed E-state index contributed by atoms with van der Waals surface area (Å²) in [5, 5.41) is 15.9. The average Bonchev–Trinajstić information content (AvgIpc) is 2.96. The van der Waals surface area contributed by atoms with E-state index in [4.69, 9.17) is 25.9 Å². The van der Waals surface area contributed by atoms with E-state index in [0.717, 1.165) is 24.1 Å². The van der Waals surface area contributed by atoms with E-state index in [2.05, 4.69) is 0 Å². The van der Waals surface area contributed by atoms with E-state index in [1.807, 2.05) is 6.07 Å². The zero-order valence-electron chi connectivity index (χ0n) is 13.5. The van der Waals surface area contributed by atoms with Gasteiger partial charge >= 0.3 is 12.1 Å². The Morgan fingerprint density at radius 1 is 1.48 bits per heavy atom. The number of carboxylic acid groups (broad SMARTS) is 1. The van der Waals surface area contributed by atoms with Gasteiger partial charge in [0.25, 0.3) is 0 Å². The van der Waals surface area contributed by atoms with Gasteiger partial charge in [-0.25, -0.2) is 9.86 Å². The van der Waals surface area contributed by atoms with Crippen LogP contribution in [-0.4, -0.2) is 48.2 Å². The summed E-state index contributed by atoms with van der Waals surface area (Å²) in [7, 11) is 3.12. The summed E-state index contributed by atoms with van der Waals surface area (Å²) >= 11 is 1.52. The van der Waals surface area contributed by atoms with Crippen LogP contribution in [-0.2, 0) is 27.3 Å². The topological polar surface area (TPSA) is 117 Å². The Morgan fingerprint density at radius 3 is 2.48 bits per heavy atom. The van der Waals surface area contributed by atoms with Crippen molar-refractivity contribution in [3.8, 4) is 0 Å². The van der Waals surface area contributed by atoms with E-state index in [-0.39, 0.29) is 17.7 Å². The maximum atomic E-state index is 12.0. The lowest BCUT2D eigenvalue weighted by molar-refractivity contribution is -0.192. The summed E-state index contributed by atoms with van der Waals surface area (Å²) in [4.78, 5) is 27.8.